The van der Waals surface area contributed by atoms with Crippen molar-refractivity contribution in [3.63, 3.8) is 0 Å². The first-order valence-electron chi connectivity index (χ1n) is 6.93. The second kappa shape index (κ2) is 5.79. The highest BCUT2D eigenvalue weighted by Gasteiger charge is 2.20. The second-order valence-electron chi connectivity index (χ2n) is 5.13. The molecule has 2 N–H and O–H groups in total. The van der Waals surface area contributed by atoms with E-state index in [1.165, 1.54) is 11.6 Å². The Hall–Kier alpha value is -1.37. The smallest absolute Gasteiger partial charge is 0.271 e. The van der Waals surface area contributed by atoms with Crippen molar-refractivity contribution in [2.24, 2.45) is 0 Å². The molecule has 21 heavy (non-hydrogen) atoms. The van der Waals surface area contributed by atoms with Gasteiger partial charge in [-0.25, -0.2) is 8.42 Å². The highest BCUT2D eigenvalue weighted by molar-refractivity contribution is 7.94. The van der Waals surface area contributed by atoms with Crippen molar-refractivity contribution < 1.29 is 13.5 Å². The molecule has 1 aliphatic carbocycles. The summed E-state index contributed by atoms with van der Waals surface area (Å²) in [7, 11) is -3.58. The Labute approximate surface area is 128 Å². The summed E-state index contributed by atoms with van der Waals surface area (Å²) in [6.07, 6.45) is 4.19. The van der Waals surface area contributed by atoms with E-state index in [0.29, 0.717) is 10.6 Å². The molecule has 3 rings (SSSR count). The van der Waals surface area contributed by atoms with Crippen LogP contribution in [-0.2, 0) is 29.5 Å². The van der Waals surface area contributed by atoms with Crippen molar-refractivity contribution in [1.29, 1.82) is 0 Å². The van der Waals surface area contributed by atoms with Crippen LogP contribution in [0.15, 0.2) is 34.5 Å². The summed E-state index contributed by atoms with van der Waals surface area (Å²) in [6, 6.07) is 8.97. The molecule has 0 saturated heterocycles. The zero-order valence-corrected chi connectivity index (χ0v) is 13.1. The maximum Gasteiger partial charge on any atom is 0.271 e. The third-order valence-electron chi connectivity index (χ3n) is 3.70. The number of anilines is 1. The first-order valence-corrected chi connectivity index (χ1v) is 9.23. The maximum atomic E-state index is 12.4. The number of benzene rings is 1. The van der Waals surface area contributed by atoms with Gasteiger partial charge in [0.2, 0.25) is 0 Å². The van der Waals surface area contributed by atoms with Gasteiger partial charge >= 0.3 is 0 Å². The molecule has 112 valence electrons. The fourth-order valence-electron chi connectivity index (χ4n) is 2.66. The first-order chi connectivity index (χ1) is 10.1. The van der Waals surface area contributed by atoms with Gasteiger partial charge in [-0.1, -0.05) is 12.1 Å². The van der Waals surface area contributed by atoms with Gasteiger partial charge in [0.05, 0.1) is 12.3 Å². The van der Waals surface area contributed by atoms with E-state index in [2.05, 4.69) is 10.8 Å². The highest BCUT2D eigenvalue weighted by Crippen LogP contribution is 2.30. The van der Waals surface area contributed by atoms with Gasteiger partial charge in [-0.3, -0.25) is 4.72 Å². The molecule has 0 radical (unpaired) electrons. The van der Waals surface area contributed by atoms with Gasteiger partial charge < -0.3 is 5.11 Å². The van der Waals surface area contributed by atoms with E-state index in [-0.39, 0.29) is 10.8 Å². The summed E-state index contributed by atoms with van der Waals surface area (Å²) < 4.78 is 27.8. The number of thiophene rings is 1. The predicted octanol–water partition coefficient (Wildman–Crippen LogP) is 2.92. The maximum absolute atomic E-state index is 12.4. The molecule has 1 aliphatic rings. The van der Waals surface area contributed by atoms with E-state index in [4.69, 9.17) is 5.11 Å². The molecule has 2 aromatic rings. The van der Waals surface area contributed by atoms with Gasteiger partial charge in [0, 0.05) is 4.88 Å². The van der Waals surface area contributed by atoms with E-state index in [0.717, 1.165) is 42.6 Å². The lowest BCUT2D eigenvalue weighted by atomic mass is 9.91. The van der Waals surface area contributed by atoms with Crippen LogP contribution in [0.25, 0.3) is 0 Å². The number of hydrogen-bond acceptors (Lipinski definition) is 4. The molecule has 0 aliphatic heterocycles. The van der Waals surface area contributed by atoms with E-state index in [1.807, 2.05) is 12.1 Å². The van der Waals surface area contributed by atoms with Crippen molar-refractivity contribution in [1.82, 2.24) is 0 Å². The first kappa shape index (κ1) is 14.6. The fraction of sp³-hybridized carbons (Fsp3) is 0.333. The Balaban J connectivity index is 1.92. The minimum atomic E-state index is -3.58. The van der Waals surface area contributed by atoms with Gasteiger partial charge in [-0.2, -0.15) is 0 Å². The Bertz CT molecular complexity index is 750. The second-order valence-corrected chi connectivity index (χ2v) is 8.21. The van der Waals surface area contributed by atoms with Crippen LogP contribution < -0.4 is 4.72 Å². The summed E-state index contributed by atoms with van der Waals surface area (Å²) >= 11 is 1.10. The minimum absolute atomic E-state index is 0.138. The zero-order valence-electron chi connectivity index (χ0n) is 11.5. The van der Waals surface area contributed by atoms with Crippen molar-refractivity contribution >= 4 is 27.0 Å². The van der Waals surface area contributed by atoms with Crippen LogP contribution in [0.3, 0.4) is 0 Å². The van der Waals surface area contributed by atoms with E-state index in [1.54, 1.807) is 6.07 Å². The van der Waals surface area contributed by atoms with E-state index >= 15 is 0 Å². The van der Waals surface area contributed by atoms with Crippen molar-refractivity contribution in [3.05, 3.63) is 46.3 Å². The lowest BCUT2D eigenvalue weighted by Crippen LogP contribution is -2.15. The molecule has 0 atom stereocenters. The lowest BCUT2D eigenvalue weighted by molar-refractivity contribution is 0.285. The zero-order chi connectivity index (χ0) is 14.9. The number of aliphatic hydroxyl groups is 1. The summed E-state index contributed by atoms with van der Waals surface area (Å²) in [5.41, 5.74) is 3.04. The monoisotopic (exact) mass is 323 g/mol. The number of rotatable bonds is 4. The topological polar surface area (TPSA) is 66.4 Å². The number of hydrogen-bond donors (Lipinski definition) is 2. The number of aryl methyl sites for hydroxylation is 1. The third-order valence-corrected chi connectivity index (χ3v) is 6.63. The SMILES string of the molecule is O=S(=O)(Nc1cccc2c1CCCC2)c1ccc(CO)s1. The Morgan fingerprint density at radius 2 is 1.95 bits per heavy atom. The number of nitrogens with one attached hydrogen (secondary N) is 1. The molecule has 1 aromatic carbocycles. The molecular formula is C15H17NO3S2. The van der Waals surface area contributed by atoms with Gasteiger partial charge in [0.15, 0.2) is 0 Å². The molecule has 1 heterocycles. The fourth-order valence-corrected chi connectivity index (χ4v) is 4.97. The molecule has 0 bridgehead atoms. The van der Waals surface area contributed by atoms with Crippen LogP contribution in [-0.4, -0.2) is 13.5 Å². The summed E-state index contributed by atoms with van der Waals surface area (Å²) in [6.45, 7) is -0.138. The quantitative estimate of drug-likeness (QED) is 0.909. The molecule has 6 heteroatoms. The molecule has 0 amide bonds. The van der Waals surface area contributed by atoms with Crippen LogP contribution in [0, 0.1) is 0 Å². The molecular weight excluding hydrogens is 306 g/mol. The summed E-state index contributed by atoms with van der Waals surface area (Å²) in [4.78, 5) is 0.644. The molecule has 1 aromatic heterocycles. The van der Waals surface area contributed by atoms with Crippen molar-refractivity contribution in [2.45, 2.75) is 36.5 Å². The van der Waals surface area contributed by atoms with Crippen LogP contribution in [0.4, 0.5) is 5.69 Å². The number of fused-ring (bicyclic) bond motifs is 1. The lowest BCUT2D eigenvalue weighted by Gasteiger charge is -2.19. The largest absolute Gasteiger partial charge is 0.391 e. The van der Waals surface area contributed by atoms with Gasteiger partial charge in [-0.15, -0.1) is 11.3 Å². The average Bonchev–Trinajstić information content (AvgIpc) is 2.97. The van der Waals surface area contributed by atoms with Crippen LogP contribution >= 0.6 is 11.3 Å². The normalized spacial score (nSPS) is 14.7. The van der Waals surface area contributed by atoms with Gasteiger partial charge in [0.25, 0.3) is 10.0 Å². The minimum Gasteiger partial charge on any atom is -0.391 e. The number of sulfonamides is 1. The molecule has 0 fully saturated rings. The highest BCUT2D eigenvalue weighted by atomic mass is 32.2. The summed E-state index contributed by atoms with van der Waals surface area (Å²) in [5.74, 6) is 0. The third kappa shape index (κ3) is 2.97. The molecule has 0 spiro atoms. The van der Waals surface area contributed by atoms with Crippen molar-refractivity contribution in [3.8, 4) is 0 Å². The van der Waals surface area contributed by atoms with E-state index < -0.39 is 10.0 Å². The Kier molecular flexibility index (Phi) is 4.01. The van der Waals surface area contributed by atoms with E-state index in [9.17, 15) is 8.42 Å². The standard InChI is InChI=1S/C15H17NO3S2/c17-10-12-8-9-15(20-12)21(18,19)16-14-7-3-5-11-4-1-2-6-13(11)14/h3,5,7-9,16-17H,1-2,4,6,10H2. The van der Waals surface area contributed by atoms with Gasteiger partial charge in [-0.05, 0) is 55.0 Å². The van der Waals surface area contributed by atoms with Crippen LogP contribution in [0.5, 0.6) is 0 Å². The Morgan fingerprint density at radius 3 is 2.71 bits per heavy atom. The predicted molar refractivity (Wildman–Crippen MR) is 84.1 cm³/mol. The molecule has 0 saturated carbocycles. The van der Waals surface area contributed by atoms with Crippen molar-refractivity contribution in [2.75, 3.05) is 4.72 Å². The Morgan fingerprint density at radius 1 is 1.14 bits per heavy atom. The van der Waals surface area contributed by atoms with Gasteiger partial charge in [0.1, 0.15) is 4.21 Å². The number of aliphatic hydroxyl groups excluding tert-OH is 1. The van der Waals surface area contributed by atoms with Crippen LogP contribution in [0.1, 0.15) is 28.8 Å². The van der Waals surface area contributed by atoms with Crippen LogP contribution in [0.2, 0.25) is 0 Å². The molecule has 0 unspecified atom stereocenters. The molecule has 4 nitrogen and oxygen atoms in total. The average molecular weight is 323 g/mol. The summed E-state index contributed by atoms with van der Waals surface area (Å²) in [5, 5.41) is 9.06.